The van der Waals surface area contributed by atoms with Gasteiger partial charge >= 0.3 is 5.97 Å². The molecule has 0 saturated carbocycles. The van der Waals surface area contributed by atoms with Crippen LogP contribution >= 0.6 is 11.3 Å². The summed E-state index contributed by atoms with van der Waals surface area (Å²) in [5.74, 6) is -0.891. The fourth-order valence-electron chi connectivity index (χ4n) is 2.37. The van der Waals surface area contributed by atoms with E-state index in [1.807, 2.05) is 13.0 Å². The van der Waals surface area contributed by atoms with Gasteiger partial charge in [0.15, 0.2) is 0 Å². The molecule has 0 unspecified atom stereocenters. The fraction of sp³-hybridized carbons (Fsp3) is 0.308. The molecule has 0 aliphatic heterocycles. The molecule has 88 valence electrons. The van der Waals surface area contributed by atoms with Crippen LogP contribution in [0.2, 0.25) is 0 Å². The van der Waals surface area contributed by atoms with Crippen molar-refractivity contribution in [2.75, 3.05) is 0 Å². The Morgan fingerprint density at radius 2 is 2.24 bits per heavy atom. The maximum atomic E-state index is 11.0. The van der Waals surface area contributed by atoms with Gasteiger partial charge in [-0.3, -0.25) is 0 Å². The Bertz CT molecular complexity index is 573. The molecule has 2 N–H and O–H groups in total. The van der Waals surface area contributed by atoms with E-state index < -0.39 is 5.97 Å². The van der Waals surface area contributed by atoms with Gasteiger partial charge in [0.05, 0.1) is 10.6 Å². The molecule has 0 spiro atoms. The van der Waals surface area contributed by atoms with Crippen LogP contribution in [-0.4, -0.2) is 16.1 Å². The lowest BCUT2D eigenvalue weighted by atomic mass is 10.2. The third kappa shape index (κ3) is 1.69. The van der Waals surface area contributed by atoms with Gasteiger partial charge in [-0.2, -0.15) is 0 Å². The van der Waals surface area contributed by atoms with E-state index in [4.69, 9.17) is 5.11 Å². The van der Waals surface area contributed by atoms with E-state index in [-0.39, 0.29) is 0 Å². The third-order valence-electron chi connectivity index (χ3n) is 3.24. The Balaban J connectivity index is 2.03. The van der Waals surface area contributed by atoms with E-state index in [2.05, 4.69) is 11.1 Å². The summed E-state index contributed by atoms with van der Waals surface area (Å²) in [6.45, 7) is 1.82. The van der Waals surface area contributed by atoms with Gasteiger partial charge in [0, 0.05) is 4.88 Å². The zero-order valence-electron chi connectivity index (χ0n) is 9.54. The zero-order chi connectivity index (χ0) is 12.0. The smallest absolute Gasteiger partial charge is 0.352 e. The molecular weight excluding hydrogens is 234 g/mol. The second-order valence-electron chi connectivity index (χ2n) is 4.46. The molecule has 2 aromatic heterocycles. The first-order valence-electron chi connectivity index (χ1n) is 5.70. The van der Waals surface area contributed by atoms with E-state index in [1.165, 1.54) is 23.3 Å². The number of nitrogens with one attached hydrogen (secondary N) is 1. The first kappa shape index (κ1) is 10.6. The van der Waals surface area contributed by atoms with Crippen molar-refractivity contribution in [2.45, 2.75) is 26.2 Å². The van der Waals surface area contributed by atoms with E-state index in [9.17, 15) is 4.79 Å². The number of thiophene rings is 1. The van der Waals surface area contributed by atoms with E-state index in [1.54, 1.807) is 11.3 Å². The van der Waals surface area contributed by atoms with Gasteiger partial charge in [0.2, 0.25) is 0 Å². The lowest BCUT2D eigenvalue weighted by Crippen LogP contribution is -1.98. The van der Waals surface area contributed by atoms with E-state index in [0.29, 0.717) is 5.69 Å². The van der Waals surface area contributed by atoms with Gasteiger partial charge in [-0.15, -0.1) is 11.3 Å². The third-order valence-corrected chi connectivity index (χ3v) is 4.51. The Kier molecular flexibility index (Phi) is 2.33. The second-order valence-corrected chi connectivity index (χ2v) is 5.60. The summed E-state index contributed by atoms with van der Waals surface area (Å²) in [6, 6.07) is 4.12. The van der Waals surface area contributed by atoms with Gasteiger partial charge in [0.1, 0.15) is 5.69 Å². The van der Waals surface area contributed by atoms with Crippen LogP contribution in [0.15, 0.2) is 12.1 Å². The lowest BCUT2D eigenvalue weighted by molar-refractivity contribution is 0.0690. The van der Waals surface area contributed by atoms with Gasteiger partial charge in [-0.25, -0.2) is 4.79 Å². The van der Waals surface area contributed by atoms with Gasteiger partial charge < -0.3 is 10.1 Å². The largest absolute Gasteiger partial charge is 0.477 e. The summed E-state index contributed by atoms with van der Waals surface area (Å²) < 4.78 is 0. The number of carboxylic acid groups (broad SMARTS) is 1. The summed E-state index contributed by atoms with van der Waals surface area (Å²) in [7, 11) is 0. The average Bonchev–Trinajstić information content (AvgIpc) is 2.88. The summed E-state index contributed by atoms with van der Waals surface area (Å²) in [6.07, 6.45) is 3.59. The van der Waals surface area contributed by atoms with Crippen LogP contribution in [0.5, 0.6) is 0 Å². The minimum atomic E-state index is -0.891. The number of aromatic carboxylic acids is 1. The number of aromatic amines is 1. The van der Waals surface area contributed by atoms with Crippen molar-refractivity contribution in [1.82, 2.24) is 4.98 Å². The van der Waals surface area contributed by atoms with Crippen molar-refractivity contribution in [3.8, 4) is 10.6 Å². The van der Waals surface area contributed by atoms with Crippen LogP contribution in [0, 0.1) is 6.92 Å². The van der Waals surface area contributed by atoms with Gasteiger partial charge in [0.25, 0.3) is 0 Å². The van der Waals surface area contributed by atoms with Crippen molar-refractivity contribution in [3.63, 3.8) is 0 Å². The lowest BCUT2D eigenvalue weighted by Gasteiger charge is -1.92. The number of rotatable bonds is 2. The van der Waals surface area contributed by atoms with Crippen LogP contribution in [0.1, 0.15) is 32.9 Å². The summed E-state index contributed by atoms with van der Waals surface area (Å²) >= 11 is 1.78. The highest BCUT2D eigenvalue weighted by molar-refractivity contribution is 7.15. The highest BCUT2D eigenvalue weighted by Gasteiger charge is 2.18. The summed E-state index contributed by atoms with van der Waals surface area (Å²) in [5, 5.41) is 9.02. The predicted molar refractivity (Wildman–Crippen MR) is 67.8 cm³/mol. The average molecular weight is 247 g/mol. The quantitative estimate of drug-likeness (QED) is 0.856. The number of hydrogen-bond acceptors (Lipinski definition) is 2. The molecule has 3 rings (SSSR count). The molecule has 0 radical (unpaired) electrons. The second kappa shape index (κ2) is 3.74. The van der Waals surface area contributed by atoms with Crippen molar-refractivity contribution in [2.24, 2.45) is 0 Å². The molecule has 3 nitrogen and oxygen atoms in total. The number of fused-ring (bicyclic) bond motifs is 1. The van der Waals surface area contributed by atoms with Crippen molar-refractivity contribution < 1.29 is 9.90 Å². The Hall–Kier alpha value is -1.55. The topological polar surface area (TPSA) is 53.1 Å². The molecule has 4 heteroatoms. The van der Waals surface area contributed by atoms with Crippen LogP contribution < -0.4 is 0 Å². The number of aryl methyl sites for hydroxylation is 3. The standard InChI is InChI=1S/C13H13NO2S/c1-7-5-9(14-12(7)13(15)16)11-6-8-3-2-4-10(8)17-11/h5-6,14H,2-4H2,1H3,(H,15,16). The molecule has 0 fully saturated rings. The molecule has 1 aliphatic carbocycles. The summed E-state index contributed by atoms with van der Waals surface area (Å²) in [4.78, 5) is 16.6. The van der Waals surface area contributed by atoms with Crippen LogP contribution in [0.4, 0.5) is 0 Å². The Morgan fingerprint density at radius 3 is 2.88 bits per heavy atom. The van der Waals surface area contributed by atoms with Crippen molar-refractivity contribution in [3.05, 3.63) is 33.8 Å². The minimum Gasteiger partial charge on any atom is -0.477 e. The monoisotopic (exact) mass is 247 g/mol. The number of H-pyrrole nitrogens is 1. The number of hydrogen-bond donors (Lipinski definition) is 2. The molecule has 0 atom stereocenters. The number of carboxylic acids is 1. The maximum Gasteiger partial charge on any atom is 0.352 e. The normalized spacial score (nSPS) is 13.9. The molecular formula is C13H13NO2S. The molecule has 0 aromatic carbocycles. The van der Waals surface area contributed by atoms with E-state index in [0.717, 1.165) is 22.6 Å². The Labute approximate surface area is 103 Å². The molecule has 2 aromatic rings. The molecule has 0 amide bonds. The van der Waals surface area contributed by atoms with Crippen molar-refractivity contribution >= 4 is 17.3 Å². The van der Waals surface area contributed by atoms with Crippen LogP contribution in [-0.2, 0) is 12.8 Å². The highest BCUT2D eigenvalue weighted by Crippen LogP contribution is 2.36. The first-order chi connectivity index (χ1) is 8.15. The zero-order valence-corrected chi connectivity index (χ0v) is 10.4. The maximum absolute atomic E-state index is 11.0. The minimum absolute atomic E-state index is 0.300. The molecule has 2 heterocycles. The Morgan fingerprint density at radius 1 is 1.41 bits per heavy atom. The van der Waals surface area contributed by atoms with Crippen LogP contribution in [0.25, 0.3) is 10.6 Å². The molecule has 0 bridgehead atoms. The highest BCUT2D eigenvalue weighted by atomic mass is 32.1. The van der Waals surface area contributed by atoms with Gasteiger partial charge in [-0.1, -0.05) is 0 Å². The van der Waals surface area contributed by atoms with Gasteiger partial charge in [-0.05, 0) is 49.4 Å². The van der Waals surface area contributed by atoms with Crippen molar-refractivity contribution in [1.29, 1.82) is 0 Å². The SMILES string of the molecule is Cc1cc(-c2cc3c(s2)CCC3)[nH]c1C(=O)O. The number of aromatic nitrogens is 1. The molecule has 0 saturated heterocycles. The molecule has 1 aliphatic rings. The van der Waals surface area contributed by atoms with Crippen LogP contribution in [0.3, 0.4) is 0 Å². The fourth-order valence-corrected chi connectivity index (χ4v) is 3.60. The predicted octanol–water partition coefficient (Wildman–Crippen LogP) is 3.24. The number of carbonyl (C=O) groups is 1. The first-order valence-corrected chi connectivity index (χ1v) is 6.51. The molecule has 17 heavy (non-hydrogen) atoms. The van der Waals surface area contributed by atoms with E-state index >= 15 is 0 Å². The summed E-state index contributed by atoms with van der Waals surface area (Å²) in [5.41, 5.74) is 3.46.